The van der Waals surface area contributed by atoms with Gasteiger partial charge in [-0.2, -0.15) is 0 Å². The number of ether oxygens (including phenoxy) is 5. The Morgan fingerprint density at radius 3 is 0.756 bits per heavy atom. The van der Waals surface area contributed by atoms with Crippen LogP contribution in [-0.2, 0) is 23.7 Å². The smallest absolute Gasteiger partial charge is 0.154 e. The zero-order valence-electron chi connectivity index (χ0n) is 22.8. The maximum Gasteiger partial charge on any atom is 0.154 e. The van der Waals surface area contributed by atoms with Gasteiger partial charge in [0.05, 0.1) is 99.1 Å². The van der Waals surface area contributed by atoms with E-state index in [4.69, 9.17) is 49.2 Å². The summed E-state index contributed by atoms with van der Waals surface area (Å²) in [7, 11) is 0. The van der Waals surface area contributed by atoms with Gasteiger partial charge in [0, 0.05) is 0 Å². The molecule has 0 radical (unpaired) electrons. The first kappa shape index (κ1) is 40.3. The molecule has 5 unspecified atom stereocenters. The third-order valence-corrected chi connectivity index (χ3v) is 5.82. The van der Waals surface area contributed by atoms with Gasteiger partial charge in [0.25, 0.3) is 0 Å². The van der Waals surface area contributed by atoms with Crippen molar-refractivity contribution in [1.29, 1.82) is 0 Å². The molecule has 0 aliphatic heterocycles. The van der Waals surface area contributed by atoms with E-state index in [1.807, 2.05) is 0 Å². The molecule has 248 valence electrons. The highest BCUT2D eigenvalue weighted by atomic mass is 16.6. The minimum atomic E-state index is -2.99. The highest BCUT2D eigenvalue weighted by Gasteiger charge is 2.63. The van der Waals surface area contributed by atoms with E-state index in [-0.39, 0.29) is 0 Å². The van der Waals surface area contributed by atoms with Gasteiger partial charge < -0.3 is 90.1 Å². The fourth-order valence-corrected chi connectivity index (χ4v) is 3.32. The molecule has 0 aliphatic rings. The minimum Gasteiger partial charge on any atom is -0.394 e. The average molecular weight is 613 g/mol. The summed E-state index contributed by atoms with van der Waals surface area (Å²) >= 11 is 0. The van der Waals surface area contributed by atoms with Crippen LogP contribution in [0.15, 0.2) is 0 Å². The van der Waals surface area contributed by atoms with Gasteiger partial charge in [-0.05, 0) is 0 Å². The summed E-state index contributed by atoms with van der Waals surface area (Å²) in [6, 6.07) is 0. The molecule has 0 spiro atoms. The Balaban J connectivity index is 6.54. The van der Waals surface area contributed by atoms with Gasteiger partial charge in [0.2, 0.25) is 0 Å². The number of rotatable bonds is 27. The second-order valence-corrected chi connectivity index (χ2v) is 9.68. The molecular weight excluding hydrogens is 564 g/mol. The Kier molecular flexibility index (Phi) is 20.7. The molecule has 0 aromatic heterocycles. The lowest BCUT2D eigenvalue weighted by molar-refractivity contribution is -0.311. The van der Waals surface area contributed by atoms with Crippen molar-refractivity contribution in [2.24, 2.45) is 0 Å². The quantitative estimate of drug-likeness (QED) is 0.0409. The molecule has 0 aromatic rings. The maximum absolute atomic E-state index is 12.0. The van der Waals surface area contributed by atoms with E-state index < -0.39 is 146 Å². The standard InChI is InChI=1S/C23H48O18/c24-1-16(29)6-37-11-21(34,12-38-7-17(30)2-25)23(36,15-41-10-20(33)5-28)22(35,13-39-8-18(31)3-26)14-40-9-19(32)4-27/h16-20,24-36H,1-15H2. The number of aliphatic hydroxyl groups is 13. The molecule has 0 heterocycles. The Hall–Kier alpha value is -0.720. The van der Waals surface area contributed by atoms with Crippen molar-refractivity contribution in [1.82, 2.24) is 0 Å². The first-order valence-electron chi connectivity index (χ1n) is 12.8. The number of hydrogen-bond donors (Lipinski definition) is 13. The summed E-state index contributed by atoms with van der Waals surface area (Å²) < 4.78 is 26.3. The van der Waals surface area contributed by atoms with Crippen LogP contribution in [0.1, 0.15) is 0 Å². The van der Waals surface area contributed by atoms with Crippen LogP contribution in [0.5, 0.6) is 0 Å². The van der Waals surface area contributed by atoms with Crippen molar-refractivity contribution in [2.75, 3.05) is 99.1 Å². The molecule has 18 heteroatoms. The molecular formula is C23H48O18. The second-order valence-electron chi connectivity index (χ2n) is 9.68. The maximum atomic E-state index is 12.0. The van der Waals surface area contributed by atoms with Crippen LogP contribution in [0, 0.1) is 0 Å². The second kappa shape index (κ2) is 21.1. The van der Waals surface area contributed by atoms with E-state index in [2.05, 4.69) is 0 Å². The molecule has 0 saturated carbocycles. The molecule has 5 atom stereocenters. The first-order valence-corrected chi connectivity index (χ1v) is 12.8. The van der Waals surface area contributed by atoms with Gasteiger partial charge in [-0.15, -0.1) is 0 Å². The largest absolute Gasteiger partial charge is 0.394 e. The van der Waals surface area contributed by atoms with E-state index in [1.54, 1.807) is 0 Å². The molecule has 0 bridgehead atoms. The summed E-state index contributed by atoms with van der Waals surface area (Å²) in [6.07, 6.45) is -7.09. The lowest BCUT2D eigenvalue weighted by Crippen LogP contribution is -2.76. The molecule has 0 aromatic carbocycles. The van der Waals surface area contributed by atoms with Gasteiger partial charge in [-0.25, -0.2) is 0 Å². The third kappa shape index (κ3) is 14.1. The molecule has 13 N–H and O–H groups in total. The van der Waals surface area contributed by atoms with Crippen LogP contribution in [0.2, 0.25) is 0 Å². The van der Waals surface area contributed by atoms with Crippen molar-refractivity contribution in [3.8, 4) is 0 Å². The minimum absolute atomic E-state index is 0.574. The fourth-order valence-electron chi connectivity index (χ4n) is 3.32. The van der Waals surface area contributed by atoms with Crippen molar-refractivity contribution >= 4 is 0 Å². The molecule has 0 saturated heterocycles. The van der Waals surface area contributed by atoms with Gasteiger partial charge in [0.1, 0.15) is 41.7 Å². The van der Waals surface area contributed by atoms with E-state index in [9.17, 15) is 40.9 Å². The molecule has 0 rings (SSSR count). The Morgan fingerprint density at radius 1 is 0.366 bits per heavy atom. The zero-order chi connectivity index (χ0) is 31.5. The van der Waals surface area contributed by atoms with Gasteiger partial charge in [-0.3, -0.25) is 0 Å². The van der Waals surface area contributed by atoms with E-state index >= 15 is 0 Å². The van der Waals surface area contributed by atoms with Gasteiger partial charge >= 0.3 is 0 Å². The lowest BCUT2D eigenvalue weighted by atomic mass is 9.71. The Morgan fingerprint density at radius 2 is 0.561 bits per heavy atom. The van der Waals surface area contributed by atoms with E-state index in [1.165, 1.54) is 0 Å². The molecule has 0 amide bonds. The third-order valence-electron chi connectivity index (χ3n) is 5.82. The predicted octanol–water partition coefficient (Wildman–Crippen LogP) is -7.97. The Labute approximate surface area is 237 Å². The molecule has 18 nitrogen and oxygen atoms in total. The van der Waals surface area contributed by atoms with Gasteiger partial charge in [-0.1, -0.05) is 0 Å². The van der Waals surface area contributed by atoms with Gasteiger partial charge in [0.15, 0.2) is 5.60 Å². The van der Waals surface area contributed by atoms with Crippen LogP contribution < -0.4 is 0 Å². The summed E-state index contributed by atoms with van der Waals surface area (Å²) in [5, 5.41) is 129. The van der Waals surface area contributed by atoms with Crippen LogP contribution in [-0.4, -0.2) is 213 Å². The van der Waals surface area contributed by atoms with Crippen LogP contribution >= 0.6 is 0 Å². The van der Waals surface area contributed by atoms with Crippen LogP contribution in [0.25, 0.3) is 0 Å². The normalized spacial score (nSPS) is 20.4. The molecule has 0 aliphatic carbocycles. The summed E-state index contributed by atoms with van der Waals surface area (Å²) in [4.78, 5) is 0. The predicted molar refractivity (Wildman–Crippen MR) is 134 cm³/mol. The topological polar surface area (TPSA) is 309 Å². The number of aliphatic hydroxyl groups excluding tert-OH is 10. The van der Waals surface area contributed by atoms with Crippen molar-refractivity contribution in [3.63, 3.8) is 0 Å². The number of hydrogen-bond acceptors (Lipinski definition) is 18. The average Bonchev–Trinajstić information content (AvgIpc) is 2.95. The van der Waals surface area contributed by atoms with Crippen molar-refractivity contribution < 1.29 is 90.1 Å². The highest BCUT2D eigenvalue weighted by molar-refractivity contribution is 5.13. The zero-order valence-corrected chi connectivity index (χ0v) is 22.8. The fraction of sp³-hybridized carbons (Fsp3) is 1.00. The first-order chi connectivity index (χ1) is 19.3. The van der Waals surface area contributed by atoms with Crippen molar-refractivity contribution in [2.45, 2.75) is 47.3 Å². The highest BCUT2D eigenvalue weighted by Crippen LogP contribution is 2.36. The van der Waals surface area contributed by atoms with Crippen LogP contribution in [0.3, 0.4) is 0 Å². The Bertz CT molecular complexity index is 568. The summed E-state index contributed by atoms with van der Waals surface area (Å²) in [6.45, 7) is -11.4. The lowest BCUT2D eigenvalue weighted by Gasteiger charge is -2.51. The SMILES string of the molecule is OCC(O)COCC(O)(COCC(O)CO)C(O)(COCC(O)CO)C(O)(COCC(O)CO)COCC(O)CO. The van der Waals surface area contributed by atoms with Crippen molar-refractivity contribution in [3.05, 3.63) is 0 Å². The summed E-state index contributed by atoms with van der Waals surface area (Å²) in [5.41, 5.74) is -8.50. The monoisotopic (exact) mass is 612 g/mol. The summed E-state index contributed by atoms with van der Waals surface area (Å²) in [5.74, 6) is 0. The van der Waals surface area contributed by atoms with E-state index in [0.29, 0.717) is 0 Å². The van der Waals surface area contributed by atoms with E-state index in [0.717, 1.165) is 0 Å². The molecule has 41 heavy (non-hydrogen) atoms. The van der Waals surface area contributed by atoms with Crippen LogP contribution in [0.4, 0.5) is 0 Å². The molecule has 0 fully saturated rings.